The Morgan fingerprint density at radius 1 is 1.13 bits per heavy atom. The first-order valence-electron chi connectivity index (χ1n) is 9.49. The number of hydrogen-bond donors (Lipinski definition) is 1. The number of halogens is 1. The third-order valence-corrected chi connectivity index (χ3v) is 8.24. The van der Waals surface area contributed by atoms with E-state index in [1.807, 2.05) is 12.1 Å². The van der Waals surface area contributed by atoms with E-state index in [4.69, 9.17) is 11.6 Å². The molecule has 0 saturated carbocycles. The Morgan fingerprint density at radius 2 is 1.83 bits per heavy atom. The number of amides is 1. The molecule has 6 nitrogen and oxygen atoms in total. The first-order chi connectivity index (χ1) is 14.3. The quantitative estimate of drug-likeness (QED) is 0.591. The third-order valence-electron chi connectivity index (χ3n) is 4.89. The van der Waals surface area contributed by atoms with Crippen LogP contribution in [0.3, 0.4) is 0 Å². The minimum absolute atomic E-state index is 0.236. The fraction of sp³-hybridized carbons (Fsp3) is 0.238. The number of anilines is 1. The number of nitrogens with one attached hydrogen (secondary N) is 1. The van der Waals surface area contributed by atoms with Crippen LogP contribution in [0.4, 0.5) is 5.69 Å². The summed E-state index contributed by atoms with van der Waals surface area (Å²) in [5, 5.41) is 4.14. The van der Waals surface area contributed by atoms with Crippen LogP contribution in [0.2, 0.25) is 5.02 Å². The maximum absolute atomic E-state index is 12.7. The molecule has 0 spiro atoms. The molecule has 30 heavy (non-hydrogen) atoms. The van der Waals surface area contributed by atoms with Crippen LogP contribution in [0.15, 0.2) is 53.4 Å². The fourth-order valence-corrected chi connectivity index (χ4v) is 5.99. The number of rotatable bonds is 5. The summed E-state index contributed by atoms with van der Waals surface area (Å²) in [6.45, 7) is 2.89. The molecular formula is C21H20ClN3O3S2. The van der Waals surface area contributed by atoms with E-state index in [0.29, 0.717) is 39.4 Å². The van der Waals surface area contributed by atoms with Crippen LogP contribution in [-0.2, 0) is 10.0 Å². The van der Waals surface area contributed by atoms with E-state index in [2.05, 4.69) is 10.3 Å². The monoisotopic (exact) mass is 461 g/mol. The van der Waals surface area contributed by atoms with Crippen molar-refractivity contribution in [1.29, 1.82) is 0 Å². The standard InChI is InChI=1S/C21H20ClN3O3S2/c1-14-19(29-21(23-14)15-5-4-6-16(22)13-15)20(26)24-17-7-9-18(10-8-17)30(27,28)25-11-2-3-12-25/h4-10,13H,2-3,11-12H2,1H3,(H,24,26). The molecule has 0 atom stereocenters. The summed E-state index contributed by atoms with van der Waals surface area (Å²) in [5.41, 5.74) is 2.00. The second-order valence-corrected chi connectivity index (χ2v) is 10.4. The van der Waals surface area contributed by atoms with Crippen molar-refractivity contribution in [3.63, 3.8) is 0 Å². The lowest BCUT2D eigenvalue weighted by atomic mass is 10.2. The summed E-state index contributed by atoms with van der Waals surface area (Å²) in [7, 11) is -3.47. The molecule has 2 aromatic carbocycles. The van der Waals surface area contributed by atoms with Crippen molar-refractivity contribution < 1.29 is 13.2 Å². The van der Waals surface area contributed by atoms with Crippen LogP contribution in [0.1, 0.15) is 28.2 Å². The van der Waals surface area contributed by atoms with E-state index >= 15 is 0 Å². The van der Waals surface area contributed by atoms with Crippen LogP contribution in [0.25, 0.3) is 10.6 Å². The smallest absolute Gasteiger partial charge is 0.267 e. The highest BCUT2D eigenvalue weighted by Crippen LogP contribution is 2.30. The Hall–Kier alpha value is -2.26. The number of nitrogens with zero attached hydrogens (tertiary/aromatic N) is 2. The molecule has 1 saturated heterocycles. The molecule has 0 radical (unpaired) electrons. The van der Waals surface area contributed by atoms with Crippen LogP contribution in [-0.4, -0.2) is 36.7 Å². The molecule has 0 bridgehead atoms. The summed E-state index contributed by atoms with van der Waals surface area (Å²) < 4.78 is 26.7. The number of sulfonamides is 1. The van der Waals surface area contributed by atoms with Crippen LogP contribution in [0, 0.1) is 6.92 Å². The molecule has 1 fully saturated rings. The summed E-state index contributed by atoms with van der Waals surface area (Å²) in [6.07, 6.45) is 1.78. The van der Waals surface area contributed by atoms with Crippen LogP contribution in [0.5, 0.6) is 0 Å². The zero-order chi connectivity index (χ0) is 21.3. The lowest BCUT2D eigenvalue weighted by molar-refractivity contribution is 0.103. The molecular weight excluding hydrogens is 442 g/mol. The highest BCUT2D eigenvalue weighted by atomic mass is 35.5. The maximum Gasteiger partial charge on any atom is 0.267 e. The number of hydrogen-bond acceptors (Lipinski definition) is 5. The number of aromatic nitrogens is 1. The number of carbonyl (C=O) groups excluding carboxylic acids is 1. The summed E-state index contributed by atoms with van der Waals surface area (Å²) in [5.74, 6) is -0.284. The van der Waals surface area contributed by atoms with Gasteiger partial charge in [0.25, 0.3) is 5.91 Å². The van der Waals surface area contributed by atoms with E-state index in [1.54, 1.807) is 31.2 Å². The molecule has 156 valence electrons. The van der Waals surface area contributed by atoms with Gasteiger partial charge < -0.3 is 5.32 Å². The van der Waals surface area contributed by atoms with Gasteiger partial charge in [-0.05, 0) is 56.2 Å². The molecule has 0 unspecified atom stereocenters. The minimum Gasteiger partial charge on any atom is -0.321 e. The molecule has 4 rings (SSSR count). The molecule has 0 aliphatic carbocycles. The Kier molecular flexibility index (Phi) is 5.92. The van der Waals surface area contributed by atoms with Gasteiger partial charge in [-0.25, -0.2) is 13.4 Å². The molecule has 1 N–H and O–H groups in total. The van der Waals surface area contributed by atoms with Gasteiger partial charge in [-0.1, -0.05) is 23.7 Å². The highest BCUT2D eigenvalue weighted by molar-refractivity contribution is 7.89. The Morgan fingerprint density at radius 3 is 2.50 bits per heavy atom. The predicted molar refractivity (Wildman–Crippen MR) is 120 cm³/mol. The number of benzene rings is 2. The van der Waals surface area contributed by atoms with Crippen molar-refractivity contribution in [2.24, 2.45) is 0 Å². The van der Waals surface area contributed by atoms with Crippen molar-refractivity contribution in [3.8, 4) is 10.6 Å². The third kappa shape index (κ3) is 4.27. The average molecular weight is 462 g/mol. The zero-order valence-electron chi connectivity index (χ0n) is 16.3. The summed E-state index contributed by atoms with van der Waals surface area (Å²) in [4.78, 5) is 18.0. The lowest BCUT2D eigenvalue weighted by Crippen LogP contribution is -2.27. The Labute approximate surface area is 184 Å². The summed E-state index contributed by atoms with van der Waals surface area (Å²) in [6, 6.07) is 13.6. The SMILES string of the molecule is Cc1nc(-c2cccc(Cl)c2)sc1C(=O)Nc1ccc(S(=O)(=O)N2CCCC2)cc1. The van der Waals surface area contributed by atoms with Crippen molar-refractivity contribution >= 4 is 44.6 Å². The Bertz CT molecular complexity index is 1180. The number of carbonyl (C=O) groups is 1. The molecule has 1 amide bonds. The molecule has 1 aliphatic rings. The van der Waals surface area contributed by atoms with Crippen molar-refractivity contribution in [2.45, 2.75) is 24.7 Å². The van der Waals surface area contributed by atoms with Gasteiger partial charge in [0.1, 0.15) is 9.88 Å². The van der Waals surface area contributed by atoms with Crippen LogP contribution < -0.4 is 5.32 Å². The van der Waals surface area contributed by atoms with Crippen LogP contribution >= 0.6 is 22.9 Å². The normalized spacial score (nSPS) is 14.7. The first kappa shape index (κ1) is 21.0. The molecule has 9 heteroatoms. The highest BCUT2D eigenvalue weighted by Gasteiger charge is 2.27. The van der Waals surface area contributed by atoms with Crippen molar-refractivity contribution in [1.82, 2.24) is 9.29 Å². The van der Waals surface area contributed by atoms with E-state index in [1.165, 1.54) is 27.8 Å². The predicted octanol–water partition coefficient (Wildman–Crippen LogP) is 4.81. The second-order valence-electron chi connectivity index (χ2n) is 7.03. The van der Waals surface area contributed by atoms with Gasteiger partial charge in [0, 0.05) is 29.4 Å². The largest absolute Gasteiger partial charge is 0.321 e. The topological polar surface area (TPSA) is 79.4 Å². The molecule has 2 heterocycles. The van der Waals surface area contributed by atoms with Gasteiger partial charge >= 0.3 is 0 Å². The van der Waals surface area contributed by atoms with Gasteiger partial charge in [0.05, 0.1) is 10.6 Å². The molecule has 1 aromatic heterocycles. The Balaban J connectivity index is 1.50. The average Bonchev–Trinajstić information content (AvgIpc) is 3.39. The van der Waals surface area contributed by atoms with Gasteiger partial charge in [0.2, 0.25) is 10.0 Å². The number of thiazole rings is 1. The van der Waals surface area contributed by atoms with Crippen molar-refractivity contribution in [3.05, 3.63) is 64.1 Å². The zero-order valence-corrected chi connectivity index (χ0v) is 18.6. The maximum atomic E-state index is 12.7. The molecule has 3 aromatic rings. The summed E-state index contributed by atoms with van der Waals surface area (Å²) >= 11 is 7.34. The van der Waals surface area contributed by atoms with Gasteiger partial charge in [-0.3, -0.25) is 4.79 Å². The van der Waals surface area contributed by atoms with Crippen molar-refractivity contribution in [2.75, 3.05) is 18.4 Å². The first-order valence-corrected chi connectivity index (χ1v) is 12.1. The second kappa shape index (κ2) is 8.47. The van der Waals surface area contributed by atoms with E-state index < -0.39 is 10.0 Å². The fourth-order valence-electron chi connectivity index (χ4n) is 3.33. The molecule has 1 aliphatic heterocycles. The lowest BCUT2D eigenvalue weighted by Gasteiger charge is -2.15. The van der Waals surface area contributed by atoms with Gasteiger partial charge in [0.15, 0.2) is 0 Å². The van der Waals surface area contributed by atoms with Gasteiger partial charge in [-0.15, -0.1) is 11.3 Å². The van der Waals surface area contributed by atoms with E-state index in [-0.39, 0.29) is 10.8 Å². The van der Waals surface area contributed by atoms with E-state index in [0.717, 1.165) is 18.4 Å². The number of aryl methyl sites for hydroxylation is 1. The van der Waals surface area contributed by atoms with Gasteiger partial charge in [-0.2, -0.15) is 4.31 Å². The minimum atomic E-state index is -3.47. The van der Waals surface area contributed by atoms with E-state index in [9.17, 15) is 13.2 Å².